The number of benzene rings is 2. The van der Waals surface area contributed by atoms with Crippen molar-refractivity contribution >= 4 is 45.0 Å². The highest BCUT2D eigenvalue weighted by Gasteiger charge is 2.67. The number of halogens is 1. The molecule has 0 radical (unpaired) electrons. The van der Waals surface area contributed by atoms with E-state index >= 15 is 0 Å². The van der Waals surface area contributed by atoms with Crippen LogP contribution in [0.5, 0.6) is 0 Å². The predicted octanol–water partition coefficient (Wildman–Crippen LogP) is 4.26. The molecule has 5 nitrogen and oxygen atoms in total. The Labute approximate surface area is 182 Å². The number of anilines is 2. The molecule has 2 saturated carbocycles. The van der Waals surface area contributed by atoms with Gasteiger partial charge in [-0.2, -0.15) is 0 Å². The van der Waals surface area contributed by atoms with E-state index in [2.05, 4.69) is 33.4 Å². The summed E-state index contributed by atoms with van der Waals surface area (Å²) in [6, 6.07) is 14.1. The van der Waals surface area contributed by atoms with Gasteiger partial charge in [-0.05, 0) is 78.6 Å². The van der Waals surface area contributed by atoms with E-state index in [9.17, 15) is 14.4 Å². The monoisotopic (exact) mass is 462 g/mol. The third kappa shape index (κ3) is 2.56. The van der Waals surface area contributed by atoms with Gasteiger partial charge in [0.2, 0.25) is 11.8 Å². The fourth-order valence-electron chi connectivity index (χ4n) is 5.71. The Hall–Kier alpha value is -2.73. The van der Waals surface area contributed by atoms with Crippen LogP contribution >= 0.6 is 15.9 Å². The Morgan fingerprint density at radius 2 is 1.43 bits per heavy atom. The van der Waals surface area contributed by atoms with E-state index in [1.54, 1.807) is 24.3 Å². The summed E-state index contributed by atoms with van der Waals surface area (Å²) in [6.45, 7) is 0. The lowest BCUT2D eigenvalue weighted by Gasteiger charge is -2.37. The SMILES string of the molecule is O=C(Nc1ccc(Br)cc1)c1ccc(N2C(=O)[C@H]3[C@@H]4C=C[C@H]([C@H]5C[C@H]45)[C@@H]3C2=O)cc1. The van der Waals surface area contributed by atoms with Crippen molar-refractivity contribution in [1.29, 1.82) is 0 Å². The van der Waals surface area contributed by atoms with E-state index in [1.807, 2.05) is 24.3 Å². The number of hydrogen-bond acceptors (Lipinski definition) is 3. The van der Waals surface area contributed by atoms with Gasteiger partial charge in [0.15, 0.2) is 0 Å². The predicted molar refractivity (Wildman–Crippen MR) is 116 cm³/mol. The summed E-state index contributed by atoms with van der Waals surface area (Å²) in [6.07, 6.45) is 5.49. The summed E-state index contributed by atoms with van der Waals surface area (Å²) in [7, 11) is 0. The Balaban J connectivity index is 1.23. The van der Waals surface area contributed by atoms with Crippen molar-refractivity contribution in [3.63, 3.8) is 0 Å². The number of nitrogens with zero attached hydrogens (tertiary/aromatic N) is 1. The van der Waals surface area contributed by atoms with Crippen LogP contribution in [0, 0.1) is 35.5 Å². The lowest BCUT2D eigenvalue weighted by Crippen LogP contribution is -2.40. The van der Waals surface area contributed by atoms with Crippen LogP contribution < -0.4 is 10.2 Å². The summed E-state index contributed by atoms with van der Waals surface area (Å²) in [5.74, 6) is 0.769. The first-order valence-electron chi connectivity index (χ1n) is 10.3. The van der Waals surface area contributed by atoms with Gasteiger partial charge in [0.25, 0.3) is 5.91 Å². The van der Waals surface area contributed by atoms with E-state index in [1.165, 1.54) is 4.90 Å². The standard InChI is InChI=1S/C24H19BrN2O3/c25-13-3-5-14(6-4-13)26-22(28)12-1-7-15(8-2-12)27-23(29)20-16-9-10-17(19-11-18(16)19)21(20)24(27)30/h1-10,16-21H,11H2,(H,26,28)/t16-,17-,18-,19-,20+,21+/m1/s1. The molecule has 3 amide bonds. The molecule has 2 aromatic rings. The van der Waals surface area contributed by atoms with Gasteiger partial charge in [-0.15, -0.1) is 0 Å². The van der Waals surface area contributed by atoms with Gasteiger partial charge in [-0.3, -0.25) is 19.3 Å². The summed E-state index contributed by atoms with van der Waals surface area (Å²) >= 11 is 3.37. The molecule has 30 heavy (non-hydrogen) atoms. The zero-order valence-corrected chi connectivity index (χ0v) is 17.6. The Bertz CT molecular complexity index is 1070. The molecule has 1 heterocycles. The molecule has 7 rings (SSSR count). The maximum absolute atomic E-state index is 13.2. The van der Waals surface area contributed by atoms with Crippen molar-refractivity contribution in [3.05, 3.63) is 70.7 Å². The molecule has 2 aromatic carbocycles. The molecular formula is C24H19BrN2O3. The van der Waals surface area contributed by atoms with Crippen molar-refractivity contribution in [1.82, 2.24) is 0 Å². The van der Waals surface area contributed by atoms with Crippen molar-refractivity contribution in [2.75, 3.05) is 10.2 Å². The van der Waals surface area contributed by atoms with Crippen molar-refractivity contribution < 1.29 is 14.4 Å². The van der Waals surface area contributed by atoms with Gasteiger partial charge in [-0.1, -0.05) is 28.1 Å². The number of hydrogen-bond donors (Lipinski definition) is 1. The van der Waals surface area contributed by atoms with Crippen LogP contribution in [0.1, 0.15) is 16.8 Å². The molecule has 3 fully saturated rings. The number of allylic oxidation sites excluding steroid dienone is 2. The van der Waals surface area contributed by atoms with Crippen molar-refractivity contribution in [3.8, 4) is 0 Å². The number of carbonyl (C=O) groups excluding carboxylic acids is 3. The summed E-state index contributed by atoms with van der Waals surface area (Å²) in [5, 5.41) is 2.85. The zero-order valence-electron chi connectivity index (χ0n) is 16.0. The fourth-order valence-corrected chi connectivity index (χ4v) is 5.97. The number of imide groups is 1. The Morgan fingerprint density at radius 1 is 0.867 bits per heavy atom. The zero-order chi connectivity index (χ0) is 20.6. The summed E-state index contributed by atoms with van der Waals surface area (Å²) < 4.78 is 0.936. The third-order valence-corrected chi connectivity index (χ3v) is 7.68. The Kier molecular flexibility index (Phi) is 3.84. The van der Waals surface area contributed by atoms with Crippen LogP contribution in [-0.4, -0.2) is 17.7 Å². The highest BCUT2D eigenvalue weighted by atomic mass is 79.9. The van der Waals surface area contributed by atoms with Gasteiger partial charge < -0.3 is 5.32 Å². The molecule has 0 unspecified atom stereocenters. The normalized spacial score (nSPS) is 32.8. The fraction of sp³-hybridized carbons (Fsp3) is 0.292. The maximum atomic E-state index is 13.2. The van der Waals surface area contributed by atoms with E-state index in [0.29, 0.717) is 28.8 Å². The van der Waals surface area contributed by atoms with Crippen molar-refractivity contribution in [2.24, 2.45) is 35.5 Å². The van der Waals surface area contributed by atoms with Gasteiger partial charge in [-0.25, -0.2) is 0 Å². The van der Waals surface area contributed by atoms with Crippen LogP contribution in [-0.2, 0) is 9.59 Å². The molecule has 1 aliphatic heterocycles. The van der Waals surface area contributed by atoms with E-state index in [-0.39, 0.29) is 41.4 Å². The van der Waals surface area contributed by atoms with Crippen LogP contribution in [0.2, 0.25) is 0 Å². The second-order valence-corrected chi connectivity index (χ2v) is 9.59. The van der Waals surface area contributed by atoms with Gasteiger partial charge in [0, 0.05) is 15.7 Å². The van der Waals surface area contributed by atoms with Crippen LogP contribution in [0.15, 0.2) is 65.2 Å². The average molecular weight is 463 g/mol. The molecule has 6 atom stereocenters. The Morgan fingerprint density at radius 3 is 2.00 bits per heavy atom. The smallest absolute Gasteiger partial charge is 0.255 e. The summed E-state index contributed by atoms with van der Waals surface area (Å²) in [5.41, 5.74) is 1.72. The number of amides is 3. The van der Waals surface area contributed by atoms with E-state index < -0.39 is 0 Å². The number of rotatable bonds is 3. The second-order valence-electron chi connectivity index (χ2n) is 8.67. The van der Waals surface area contributed by atoms with E-state index in [0.717, 1.165) is 10.9 Å². The number of carbonyl (C=O) groups is 3. The van der Waals surface area contributed by atoms with Crippen LogP contribution in [0.3, 0.4) is 0 Å². The molecular weight excluding hydrogens is 444 g/mol. The van der Waals surface area contributed by atoms with E-state index in [4.69, 9.17) is 0 Å². The first-order valence-corrected chi connectivity index (χ1v) is 11.1. The second kappa shape index (κ2) is 6.38. The molecule has 0 aromatic heterocycles. The van der Waals surface area contributed by atoms with Gasteiger partial charge in [0.05, 0.1) is 17.5 Å². The minimum atomic E-state index is -0.237. The molecule has 6 heteroatoms. The first kappa shape index (κ1) is 18.1. The largest absolute Gasteiger partial charge is 0.322 e. The summed E-state index contributed by atoms with van der Waals surface area (Å²) in [4.78, 5) is 40.2. The van der Waals surface area contributed by atoms with Crippen molar-refractivity contribution in [2.45, 2.75) is 6.42 Å². The third-order valence-electron chi connectivity index (χ3n) is 7.15. The maximum Gasteiger partial charge on any atom is 0.255 e. The molecule has 2 bridgehead atoms. The topological polar surface area (TPSA) is 66.5 Å². The minimum Gasteiger partial charge on any atom is -0.322 e. The highest BCUT2D eigenvalue weighted by Crippen LogP contribution is 2.65. The molecule has 0 spiro atoms. The quantitative estimate of drug-likeness (QED) is 0.547. The average Bonchev–Trinajstić information content (AvgIpc) is 3.53. The van der Waals surface area contributed by atoms with Gasteiger partial charge in [0.1, 0.15) is 0 Å². The molecule has 5 aliphatic rings. The lowest BCUT2D eigenvalue weighted by molar-refractivity contribution is -0.124. The lowest BCUT2D eigenvalue weighted by atomic mass is 9.63. The van der Waals surface area contributed by atoms with Crippen LogP contribution in [0.25, 0.3) is 0 Å². The highest BCUT2D eigenvalue weighted by molar-refractivity contribution is 9.10. The molecule has 4 aliphatic carbocycles. The molecule has 150 valence electrons. The number of nitrogens with one attached hydrogen (secondary N) is 1. The molecule has 1 N–H and O–H groups in total. The minimum absolute atomic E-state index is 0.0817. The first-order chi connectivity index (χ1) is 14.5. The van der Waals surface area contributed by atoms with Gasteiger partial charge >= 0.3 is 0 Å². The molecule has 1 saturated heterocycles. The van der Waals surface area contributed by atoms with Crippen LogP contribution in [0.4, 0.5) is 11.4 Å².